The van der Waals surface area contributed by atoms with Gasteiger partial charge in [-0.1, -0.05) is 20.8 Å². The number of hydrogen-bond acceptors (Lipinski definition) is 1. The van der Waals surface area contributed by atoms with E-state index in [2.05, 4.69) is 0 Å². The molecule has 1 nitrogen and oxygen atoms in total. The van der Waals surface area contributed by atoms with Gasteiger partial charge in [-0.25, -0.2) is 8.78 Å². The summed E-state index contributed by atoms with van der Waals surface area (Å²) < 4.78 is 27.2. The predicted octanol–water partition coefficient (Wildman–Crippen LogP) is 3.33. The van der Waals surface area contributed by atoms with Crippen molar-refractivity contribution in [3.8, 4) is 6.07 Å². The summed E-state index contributed by atoms with van der Waals surface area (Å²) >= 11 is 0. The van der Waals surface area contributed by atoms with E-state index in [0.29, 0.717) is 5.56 Å². The number of rotatable bonds is 1. The summed E-state index contributed by atoms with van der Waals surface area (Å²) in [5, 5.41) is 8.44. The van der Waals surface area contributed by atoms with E-state index in [-0.39, 0.29) is 12.0 Å². The molecule has 0 radical (unpaired) electrons. The molecule has 0 saturated carbocycles. The minimum Gasteiger partial charge on any atom is -0.207 e. The van der Waals surface area contributed by atoms with Gasteiger partial charge in [0, 0.05) is 5.56 Å². The Bertz CT molecular complexity index is 388. The molecule has 0 spiro atoms. The fourth-order valence-corrected chi connectivity index (χ4v) is 1.54. The molecule has 15 heavy (non-hydrogen) atoms. The van der Waals surface area contributed by atoms with Gasteiger partial charge in [0.05, 0.1) is 12.5 Å². The summed E-state index contributed by atoms with van der Waals surface area (Å²) in [6.45, 7) is 5.25. The van der Waals surface area contributed by atoms with Gasteiger partial charge in [-0.2, -0.15) is 5.26 Å². The Morgan fingerprint density at radius 3 is 2.00 bits per heavy atom. The smallest absolute Gasteiger partial charge is 0.130 e. The highest BCUT2D eigenvalue weighted by Crippen LogP contribution is 2.28. The number of benzene rings is 1. The Hall–Kier alpha value is -1.43. The van der Waals surface area contributed by atoms with E-state index < -0.39 is 17.0 Å². The maximum atomic E-state index is 13.6. The molecule has 0 aliphatic heterocycles. The molecule has 3 heteroatoms. The highest BCUT2D eigenvalue weighted by Gasteiger charge is 2.23. The molecule has 0 heterocycles. The van der Waals surface area contributed by atoms with Crippen LogP contribution in [0.4, 0.5) is 8.78 Å². The van der Waals surface area contributed by atoms with Gasteiger partial charge in [-0.15, -0.1) is 0 Å². The second-order valence-electron chi connectivity index (χ2n) is 4.52. The van der Waals surface area contributed by atoms with Crippen LogP contribution in [0.25, 0.3) is 0 Å². The normalized spacial score (nSPS) is 11.2. The van der Waals surface area contributed by atoms with E-state index in [1.807, 2.05) is 6.07 Å². The fourth-order valence-electron chi connectivity index (χ4n) is 1.54. The van der Waals surface area contributed by atoms with Gasteiger partial charge >= 0.3 is 0 Å². The predicted molar refractivity (Wildman–Crippen MR) is 54.4 cm³/mol. The first-order chi connectivity index (χ1) is 6.86. The van der Waals surface area contributed by atoms with E-state index in [1.165, 1.54) is 12.1 Å². The Kier molecular flexibility index (Phi) is 3.09. The number of hydrogen-bond donors (Lipinski definition) is 0. The van der Waals surface area contributed by atoms with Crippen LogP contribution in [-0.2, 0) is 11.8 Å². The zero-order valence-corrected chi connectivity index (χ0v) is 9.06. The van der Waals surface area contributed by atoms with Crippen LogP contribution in [0.3, 0.4) is 0 Å². The molecule has 0 aliphatic rings. The van der Waals surface area contributed by atoms with Crippen LogP contribution in [0.15, 0.2) is 12.1 Å². The summed E-state index contributed by atoms with van der Waals surface area (Å²) in [6.07, 6.45) is 0.0261. The lowest BCUT2D eigenvalue weighted by Crippen LogP contribution is -2.16. The van der Waals surface area contributed by atoms with Gasteiger partial charge in [-0.05, 0) is 23.1 Å². The van der Waals surface area contributed by atoms with E-state index in [0.717, 1.165) is 0 Å². The van der Waals surface area contributed by atoms with Crippen molar-refractivity contribution in [2.45, 2.75) is 32.6 Å². The molecule has 0 bridgehead atoms. The lowest BCUT2D eigenvalue weighted by molar-refractivity contribution is 0.474. The van der Waals surface area contributed by atoms with Crippen molar-refractivity contribution in [3.05, 3.63) is 34.9 Å². The topological polar surface area (TPSA) is 23.8 Å². The van der Waals surface area contributed by atoms with E-state index in [9.17, 15) is 8.78 Å². The molecule has 0 fully saturated rings. The van der Waals surface area contributed by atoms with E-state index >= 15 is 0 Å². The summed E-state index contributed by atoms with van der Waals surface area (Å²) in [7, 11) is 0. The maximum absolute atomic E-state index is 13.6. The summed E-state index contributed by atoms with van der Waals surface area (Å²) in [5.41, 5.74) is -0.121. The average molecular weight is 209 g/mol. The van der Waals surface area contributed by atoms with Gasteiger partial charge in [0.15, 0.2) is 0 Å². The molecule has 0 atom stereocenters. The van der Waals surface area contributed by atoms with Crippen molar-refractivity contribution < 1.29 is 8.78 Å². The SMILES string of the molecule is CC(C)(C)c1c(F)cc(CC#N)cc1F. The summed E-state index contributed by atoms with van der Waals surface area (Å²) in [6, 6.07) is 4.32. The van der Waals surface area contributed by atoms with Gasteiger partial charge < -0.3 is 0 Å². The van der Waals surface area contributed by atoms with Gasteiger partial charge in [0.1, 0.15) is 11.6 Å². The Morgan fingerprint density at radius 2 is 1.67 bits per heavy atom. The monoisotopic (exact) mass is 209 g/mol. The van der Waals surface area contributed by atoms with Crippen LogP contribution < -0.4 is 0 Å². The second kappa shape index (κ2) is 3.98. The quantitative estimate of drug-likeness (QED) is 0.696. The van der Waals surface area contributed by atoms with Crippen LogP contribution in [0.2, 0.25) is 0 Å². The zero-order valence-electron chi connectivity index (χ0n) is 9.06. The first-order valence-electron chi connectivity index (χ1n) is 4.71. The molecule has 1 aromatic rings. The van der Waals surface area contributed by atoms with E-state index in [4.69, 9.17) is 5.26 Å². The highest BCUT2D eigenvalue weighted by atomic mass is 19.1. The van der Waals surface area contributed by atoms with Crippen LogP contribution >= 0.6 is 0 Å². The van der Waals surface area contributed by atoms with Gasteiger partial charge in [0.25, 0.3) is 0 Å². The molecule has 0 N–H and O–H groups in total. The first kappa shape index (κ1) is 11.6. The Labute approximate surface area is 88.3 Å². The largest absolute Gasteiger partial charge is 0.207 e. The van der Waals surface area contributed by atoms with Crippen molar-refractivity contribution in [3.63, 3.8) is 0 Å². The third-order valence-electron chi connectivity index (χ3n) is 2.14. The Balaban J connectivity index is 3.29. The van der Waals surface area contributed by atoms with Crippen molar-refractivity contribution in [2.24, 2.45) is 0 Å². The van der Waals surface area contributed by atoms with Crippen molar-refractivity contribution >= 4 is 0 Å². The average Bonchev–Trinajstić information content (AvgIpc) is 1.99. The number of halogens is 2. The third-order valence-corrected chi connectivity index (χ3v) is 2.14. The molecule has 0 unspecified atom stereocenters. The molecule has 0 saturated heterocycles. The molecule has 1 aromatic carbocycles. The molecule has 0 amide bonds. The summed E-state index contributed by atoms with van der Waals surface area (Å²) in [5.74, 6) is -1.15. The van der Waals surface area contributed by atoms with Crippen LogP contribution in [-0.4, -0.2) is 0 Å². The lowest BCUT2D eigenvalue weighted by Gasteiger charge is -2.20. The fraction of sp³-hybridized carbons (Fsp3) is 0.417. The van der Waals surface area contributed by atoms with Crippen molar-refractivity contribution in [2.75, 3.05) is 0 Å². The Morgan fingerprint density at radius 1 is 1.20 bits per heavy atom. The first-order valence-corrected chi connectivity index (χ1v) is 4.71. The molecule has 0 aliphatic carbocycles. The third kappa shape index (κ3) is 2.53. The molecule has 1 rings (SSSR count). The number of nitriles is 1. The second-order valence-corrected chi connectivity index (χ2v) is 4.52. The minimum absolute atomic E-state index is 0.0261. The molecule has 0 aromatic heterocycles. The standard InChI is InChI=1S/C12H13F2N/c1-12(2,3)11-9(13)6-8(4-5-15)7-10(11)14/h6-7H,4H2,1-3H3. The molecule has 80 valence electrons. The zero-order chi connectivity index (χ0) is 11.6. The van der Waals surface area contributed by atoms with Crippen molar-refractivity contribution in [1.82, 2.24) is 0 Å². The van der Waals surface area contributed by atoms with Crippen molar-refractivity contribution in [1.29, 1.82) is 5.26 Å². The molecular formula is C12H13F2N. The molecular weight excluding hydrogens is 196 g/mol. The number of nitrogens with zero attached hydrogens (tertiary/aromatic N) is 1. The van der Waals surface area contributed by atoms with Gasteiger partial charge in [-0.3, -0.25) is 0 Å². The maximum Gasteiger partial charge on any atom is 0.130 e. The van der Waals surface area contributed by atoms with Crippen LogP contribution in [0.5, 0.6) is 0 Å². The lowest BCUT2D eigenvalue weighted by atomic mass is 9.85. The van der Waals surface area contributed by atoms with E-state index in [1.54, 1.807) is 20.8 Å². The minimum atomic E-state index is -0.576. The van der Waals surface area contributed by atoms with Crippen LogP contribution in [0, 0.1) is 23.0 Å². The summed E-state index contributed by atoms with van der Waals surface area (Å²) in [4.78, 5) is 0. The van der Waals surface area contributed by atoms with Gasteiger partial charge in [0.2, 0.25) is 0 Å². The highest BCUT2D eigenvalue weighted by molar-refractivity contribution is 5.32. The van der Waals surface area contributed by atoms with Crippen LogP contribution in [0.1, 0.15) is 31.9 Å².